The Labute approximate surface area is 92.5 Å². The van der Waals surface area contributed by atoms with E-state index in [4.69, 9.17) is 0 Å². The third kappa shape index (κ3) is 1.74. The van der Waals surface area contributed by atoms with Gasteiger partial charge in [0.25, 0.3) is 0 Å². The van der Waals surface area contributed by atoms with Gasteiger partial charge in [0.05, 0.1) is 6.04 Å². The molecule has 16 heavy (non-hydrogen) atoms. The zero-order valence-electron chi connectivity index (χ0n) is 8.64. The molecule has 1 atom stereocenters. The molecule has 2 aromatic rings. The number of anilines is 2. The minimum absolute atomic E-state index is 0.306. The van der Waals surface area contributed by atoms with Crippen molar-refractivity contribution in [3.63, 3.8) is 0 Å². The number of hydrogen-bond donors (Lipinski definition) is 3. The fourth-order valence-corrected chi connectivity index (χ4v) is 1.58. The van der Waals surface area contributed by atoms with Crippen LogP contribution in [0.25, 0.3) is 0 Å². The second-order valence-electron chi connectivity index (χ2n) is 3.68. The Balaban J connectivity index is 1.79. The van der Waals surface area contributed by atoms with Gasteiger partial charge in [-0.15, -0.1) is 0 Å². The quantitative estimate of drug-likeness (QED) is 0.712. The summed E-state index contributed by atoms with van der Waals surface area (Å²) in [7, 11) is 0. The lowest BCUT2D eigenvalue weighted by Crippen LogP contribution is -2.36. The molecule has 3 heterocycles. The van der Waals surface area contributed by atoms with E-state index >= 15 is 0 Å². The number of aromatic amines is 1. The lowest BCUT2D eigenvalue weighted by Gasteiger charge is -2.26. The van der Waals surface area contributed by atoms with Crippen LogP contribution in [0.4, 0.5) is 11.6 Å². The van der Waals surface area contributed by atoms with E-state index in [1.54, 1.807) is 12.4 Å². The molecule has 82 valence electrons. The third-order valence-electron chi connectivity index (χ3n) is 2.57. The average molecular weight is 216 g/mol. The van der Waals surface area contributed by atoms with Crippen molar-refractivity contribution in [2.24, 2.45) is 0 Å². The maximum atomic E-state index is 4.43. The summed E-state index contributed by atoms with van der Waals surface area (Å²) in [6.07, 6.45) is 4.63. The molecule has 3 rings (SSSR count). The molecule has 3 N–H and O–H groups in total. The number of nitrogens with one attached hydrogen (secondary N) is 3. The van der Waals surface area contributed by atoms with E-state index in [2.05, 4.69) is 30.8 Å². The normalized spacial score (nSPS) is 19.1. The zero-order chi connectivity index (χ0) is 10.8. The van der Waals surface area contributed by atoms with E-state index in [-0.39, 0.29) is 0 Å². The van der Waals surface area contributed by atoms with Crippen LogP contribution < -0.4 is 10.6 Å². The summed E-state index contributed by atoms with van der Waals surface area (Å²) < 4.78 is 0. The Hall–Kier alpha value is -1.95. The Morgan fingerprint density at radius 1 is 1.31 bits per heavy atom. The van der Waals surface area contributed by atoms with E-state index in [0.29, 0.717) is 6.04 Å². The molecule has 1 aliphatic rings. The minimum atomic E-state index is 0.306. The fraction of sp³-hybridized carbons (Fsp3) is 0.300. The van der Waals surface area contributed by atoms with Crippen molar-refractivity contribution in [3.8, 4) is 0 Å². The first-order valence-corrected chi connectivity index (χ1v) is 5.25. The van der Waals surface area contributed by atoms with Gasteiger partial charge in [-0.1, -0.05) is 0 Å². The van der Waals surface area contributed by atoms with Crippen molar-refractivity contribution in [2.45, 2.75) is 12.5 Å². The highest BCUT2D eigenvalue weighted by Gasteiger charge is 2.21. The van der Waals surface area contributed by atoms with Gasteiger partial charge in [-0.3, -0.25) is 5.10 Å². The highest BCUT2D eigenvalue weighted by Crippen LogP contribution is 2.20. The summed E-state index contributed by atoms with van der Waals surface area (Å²) in [5.41, 5.74) is 0. The number of aromatic nitrogens is 4. The molecule has 0 saturated carbocycles. The molecule has 6 nitrogen and oxygen atoms in total. The zero-order valence-corrected chi connectivity index (χ0v) is 8.64. The van der Waals surface area contributed by atoms with Gasteiger partial charge in [0.2, 0.25) is 0 Å². The molecule has 6 heteroatoms. The van der Waals surface area contributed by atoms with Crippen LogP contribution in [0.15, 0.2) is 24.5 Å². The van der Waals surface area contributed by atoms with Crippen LogP contribution in [0.2, 0.25) is 0 Å². The van der Waals surface area contributed by atoms with E-state index in [1.807, 2.05) is 12.1 Å². The molecule has 2 aromatic heterocycles. The average Bonchev–Trinajstić information content (AvgIpc) is 2.68. The van der Waals surface area contributed by atoms with Crippen LogP contribution in [-0.2, 0) is 0 Å². The van der Waals surface area contributed by atoms with Gasteiger partial charge >= 0.3 is 0 Å². The lowest BCUT2D eigenvalue weighted by atomic mass is 10.1. The van der Waals surface area contributed by atoms with Crippen LogP contribution in [0.1, 0.15) is 18.3 Å². The van der Waals surface area contributed by atoms with Gasteiger partial charge < -0.3 is 10.6 Å². The van der Waals surface area contributed by atoms with E-state index in [9.17, 15) is 0 Å². The summed E-state index contributed by atoms with van der Waals surface area (Å²) in [5, 5.41) is 13.1. The van der Waals surface area contributed by atoms with Crippen LogP contribution in [-0.4, -0.2) is 26.7 Å². The van der Waals surface area contributed by atoms with Crippen molar-refractivity contribution < 1.29 is 0 Å². The predicted octanol–water partition coefficient (Wildman–Crippen LogP) is 0.978. The van der Waals surface area contributed by atoms with Gasteiger partial charge in [-0.05, 0) is 19.0 Å². The summed E-state index contributed by atoms with van der Waals surface area (Å²) in [6, 6.07) is 3.99. The molecule has 0 spiro atoms. The number of hydrogen-bond acceptors (Lipinski definition) is 5. The highest BCUT2D eigenvalue weighted by molar-refractivity contribution is 5.50. The first-order valence-electron chi connectivity index (χ1n) is 5.25. The summed E-state index contributed by atoms with van der Waals surface area (Å²) >= 11 is 0. The Kier molecular flexibility index (Phi) is 2.26. The maximum Gasteiger partial charge on any atom is 0.153 e. The van der Waals surface area contributed by atoms with Crippen molar-refractivity contribution in [3.05, 3.63) is 30.4 Å². The Morgan fingerprint density at radius 3 is 2.94 bits per heavy atom. The molecule has 0 amide bonds. The van der Waals surface area contributed by atoms with Gasteiger partial charge in [0.1, 0.15) is 11.6 Å². The van der Waals surface area contributed by atoms with Gasteiger partial charge in [0.15, 0.2) is 5.82 Å². The number of H-pyrrole nitrogens is 1. The van der Waals surface area contributed by atoms with Gasteiger partial charge in [0, 0.05) is 18.5 Å². The summed E-state index contributed by atoms with van der Waals surface area (Å²) in [5.74, 6) is 2.36. The third-order valence-corrected chi connectivity index (χ3v) is 2.57. The van der Waals surface area contributed by atoms with Crippen molar-refractivity contribution in [2.75, 3.05) is 11.9 Å². The summed E-state index contributed by atoms with van der Waals surface area (Å²) in [4.78, 5) is 8.68. The van der Waals surface area contributed by atoms with Crippen LogP contribution in [0.3, 0.4) is 0 Å². The number of rotatable bonds is 3. The van der Waals surface area contributed by atoms with E-state index in [1.165, 1.54) is 0 Å². The number of nitrogens with zero attached hydrogens (tertiary/aromatic N) is 3. The minimum Gasteiger partial charge on any atom is -0.323 e. The Morgan fingerprint density at radius 2 is 2.25 bits per heavy atom. The van der Waals surface area contributed by atoms with Crippen molar-refractivity contribution >= 4 is 11.6 Å². The topological polar surface area (TPSA) is 78.5 Å². The van der Waals surface area contributed by atoms with E-state index in [0.717, 1.165) is 30.4 Å². The second kappa shape index (κ2) is 3.90. The SMILES string of the molecule is c1cc(Nc2cc[nH]n2)nc(C2CCN2)n1. The van der Waals surface area contributed by atoms with Crippen LogP contribution in [0.5, 0.6) is 0 Å². The molecule has 1 fully saturated rings. The smallest absolute Gasteiger partial charge is 0.153 e. The monoisotopic (exact) mass is 216 g/mol. The predicted molar refractivity (Wildman–Crippen MR) is 59.3 cm³/mol. The molecule has 0 radical (unpaired) electrons. The standard InChI is InChI=1S/C10H12N6/c1-4-11-7(1)10-12-5-2-8(15-10)14-9-3-6-13-16-9/h2-3,5-7,11H,1,4H2,(H2,12,13,14,15,16). The highest BCUT2D eigenvalue weighted by atomic mass is 15.2. The van der Waals surface area contributed by atoms with Crippen molar-refractivity contribution in [1.82, 2.24) is 25.5 Å². The van der Waals surface area contributed by atoms with Crippen LogP contribution in [0, 0.1) is 0 Å². The fourth-order valence-electron chi connectivity index (χ4n) is 1.58. The van der Waals surface area contributed by atoms with Gasteiger partial charge in [-0.2, -0.15) is 5.10 Å². The lowest BCUT2D eigenvalue weighted by molar-refractivity contribution is 0.366. The van der Waals surface area contributed by atoms with Crippen LogP contribution >= 0.6 is 0 Å². The molecular formula is C10H12N6. The summed E-state index contributed by atoms with van der Waals surface area (Å²) in [6.45, 7) is 1.05. The first-order chi connectivity index (χ1) is 7.92. The molecular weight excluding hydrogens is 204 g/mol. The molecule has 1 aliphatic heterocycles. The largest absolute Gasteiger partial charge is 0.323 e. The Bertz CT molecular complexity index is 462. The van der Waals surface area contributed by atoms with Gasteiger partial charge in [-0.25, -0.2) is 9.97 Å². The van der Waals surface area contributed by atoms with E-state index < -0.39 is 0 Å². The molecule has 1 saturated heterocycles. The molecule has 0 aromatic carbocycles. The molecule has 0 aliphatic carbocycles. The molecule has 0 bridgehead atoms. The first kappa shape index (κ1) is 9.29. The second-order valence-corrected chi connectivity index (χ2v) is 3.68. The maximum absolute atomic E-state index is 4.43. The molecule has 1 unspecified atom stereocenters. The van der Waals surface area contributed by atoms with Crippen molar-refractivity contribution in [1.29, 1.82) is 0 Å².